The molecule has 0 spiro atoms. The molecule has 0 aromatic rings. The van der Waals surface area contributed by atoms with Crippen LogP contribution in [0.2, 0.25) is 0 Å². The van der Waals surface area contributed by atoms with Crippen molar-refractivity contribution in [1.29, 1.82) is 0 Å². The van der Waals surface area contributed by atoms with E-state index in [2.05, 4.69) is 13.8 Å². The van der Waals surface area contributed by atoms with Gasteiger partial charge in [-0.25, -0.2) is 0 Å². The molecule has 0 aliphatic heterocycles. The Morgan fingerprint density at radius 3 is 2.83 bits per heavy atom. The molecule has 0 amide bonds. The fourth-order valence-electron chi connectivity index (χ4n) is 6.57. The van der Waals surface area contributed by atoms with Gasteiger partial charge in [-0.2, -0.15) is 0 Å². The second-order valence-electron chi connectivity index (χ2n) is 11.1. The Bertz CT molecular complexity index is 806. The highest BCUT2D eigenvalue weighted by molar-refractivity contribution is 5.38. The second-order valence-corrected chi connectivity index (χ2v) is 11.1. The molecule has 3 nitrogen and oxygen atoms in total. The van der Waals surface area contributed by atoms with E-state index in [-0.39, 0.29) is 29.9 Å². The Labute approximate surface area is 188 Å². The van der Waals surface area contributed by atoms with E-state index in [1.165, 1.54) is 18.4 Å². The molecular weight excluding hydrogens is 372 g/mol. The number of hydrogen-bond acceptors (Lipinski definition) is 3. The van der Waals surface area contributed by atoms with Crippen LogP contribution < -0.4 is 0 Å². The minimum atomic E-state index is -1.05. The first-order chi connectivity index (χ1) is 15.3. The molecular formula is C27H44O3. The molecule has 0 heterocycles. The molecule has 0 saturated heterocycles. The van der Waals surface area contributed by atoms with Crippen LogP contribution in [0.3, 0.4) is 0 Å². The summed E-state index contributed by atoms with van der Waals surface area (Å²) in [7, 11) is 0. The Hall–Kier alpha value is -0.900. The van der Waals surface area contributed by atoms with Crippen molar-refractivity contribution in [2.24, 2.45) is 23.2 Å². The lowest BCUT2D eigenvalue weighted by Gasteiger charge is -2.44. The number of aliphatic hydroxyl groups is 3. The van der Waals surface area contributed by atoms with Gasteiger partial charge in [-0.3, -0.25) is 0 Å². The van der Waals surface area contributed by atoms with Crippen LogP contribution in [-0.4, -0.2) is 33.1 Å². The minimum absolute atomic E-state index is 0.123. The molecule has 30 heavy (non-hydrogen) atoms. The molecule has 3 aliphatic carbocycles. The maximum absolute atomic E-state index is 10.3. The zero-order chi connectivity index (χ0) is 24.6. The summed E-state index contributed by atoms with van der Waals surface area (Å²) in [6.45, 7) is 8.10. The topological polar surface area (TPSA) is 60.7 Å². The van der Waals surface area contributed by atoms with E-state index in [1.807, 2.05) is 19.9 Å². The van der Waals surface area contributed by atoms with Crippen molar-refractivity contribution in [2.45, 2.75) is 110 Å². The van der Waals surface area contributed by atoms with E-state index in [1.54, 1.807) is 0 Å². The molecule has 0 aromatic heterocycles. The Kier molecular flexibility index (Phi) is 6.13. The highest BCUT2D eigenvalue weighted by atomic mass is 16.3. The molecule has 3 rings (SSSR count). The van der Waals surface area contributed by atoms with Gasteiger partial charge in [0.25, 0.3) is 0 Å². The SMILES string of the molecule is [2H]C([2H])=C1/C(=C([2H])\C=C2/CCC[C@]3(C)[C@@H]([C@H](C)CCCC(C)(C)O)CC[C@@H]23)C[C@@H](O)C[C@@H]1O. The molecule has 0 unspecified atom stereocenters. The van der Waals surface area contributed by atoms with Gasteiger partial charge in [-0.15, -0.1) is 0 Å². The lowest BCUT2D eigenvalue weighted by Crippen LogP contribution is -2.36. The summed E-state index contributed by atoms with van der Waals surface area (Å²) in [4.78, 5) is 0. The summed E-state index contributed by atoms with van der Waals surface area (Å²) in [5.74, 6) is 1.67. The van der Waals surface area contributed by atoms with Crippen molar-refractivity contribution < 1.29 is 19.4 Å². The van der Waals surface area contributed by atoms with Crippen LogP contribution >= 0.6 is 0 Å². The van der Waals surface area contributed by atoms with Crippen LogP contribution in [0.1, 0.15) is 96.0 Å². The number of rotatable bonds is 6. The van der Waals surface area contributed by atoms with E-state index < -0.39 is 24.3 Å². The van der Waals surface area contributed by atoms with Gasteiger partial charge in [0, 0.05) is 6.42 Å². The van der Waals surface area contributed by atoms with Gasteiger partial charge in [0.1, 0.15) is 0 Å². The number of fused-ring (bicyclic) bond motifs is 1. The summed E-state index contributed by atoms with van der Waals surface area (Å²) < 4.78 is 24.3. The second kappa shape index (κ2) is 9.30. The molecule has 0 radical (unpaired) electrons. The van der Waals surface area contributed by atoms with E-state index in [0.717, 1.165) is 38.5 Å². The first-order valence-electron chi connectivity index (χ1n) is 13.5. The van der Waals surface area contributed by atoms with E-state index in [9.17, 15) is 15.3 Å². The quantitative estimate of drug-likeness (QED) is 0.517. The smallest absolute Gasteiger partial charge is 0.0811 e. The van der Waals surface area contributed by atoms with Crippen LogP contribution in [0.4, 0.5) is 0 Å². The Morgan fingerprint density at radius 2 is 2.13 bits per heavy atom. The average molecular weight is 420 g/mol. The van der Waals surface area contributed by atoms with Crippen molar-refractivity contribution in [3.8, 4) is 0 Å². The van der Waals surface area contributed by atoms with Crippen LogP contribution in [0.15, 0.2) is 35.4 Å². The van der Waals surface area contributed by atoms with Gasteiger partial charge in [0.15, 0.2) is 0 Å². The van der Waals surface area contributed by atoms with Gasteiger partial charge in [0.2, 0.25) is 0 Å². The zero-order valence-electron chi connectivity index (χ0n) is 22.4. The van der Waals surface area contributed by atoms with Gasteiger partial charge in [0.05, 0.1) is 21.9 Å². The fourth-order valence-corrected chi connectivity index (χ4v) is 6.57. The van der Waals surface area contributed by atoms with Gasteiger partial charge in [-0.1, -0.05) is 50.9 Å². The molecule has 3 N–H and O–H groups in total. The molecule has 3 aliphatic rings. The van der Waals surface area contributed by atoms with E-state index in [0.29, 0.717) is 23.3 Å². The van der Waals surface area contributed by atoms with Crippen molar-refractivity contribution in [2.75, 3.05) is 0 Å². The normalized spacial score (nSPS) is 40.4. The summed E-state index contributed by atoms with van der Waals surface area (Å²) in [5, 5.41) is 30.5. The van der Waals surface area contributed by atoms with Crippen LogP contribution in [0.25, 0.3) is 0 Å². The Morgan fingerprint density at radius 1 is 1.37 bits per heavy atom. The highest BCUT2D eigenvalue weighted by Gasteiger charge is 2.50. The fraction of sp³-hybridized carbons (Fsp3) is 0.778. The van der Waals surface area contributed by atoms with Crippen molar-refractivity contribution >= 4 is 0 Å². The molecule has 3 heteroatoms. The van der Waals surface area contributed by atoms with Crippen molar-refractivity contribution in [3.05, 3.63) is 35.4 Å². The van der Waals surface area contributed by atoms with Gasteiger partial charge >= 0.3 is 0 Å². The lowest BCUT2D eigenvalue weighted by molar-refractivity contribution is 0.0596. The van der Waals surface area contributed by atoms with Crippen molar-refractivity contribution in [1.82, 2.24) is 0 Å². The van der Waals surface area contributed by atoms with Crippen LogP contribution in [-0.2, 0) is 0 Å². The number of hydrogen-bond donors (Lipinski definition) is 3. The van der Waals surface area contributed by atoms with E-state index in [4.69, 9.17) is 4.11 Å². The third-order valence-corrected chi connectivity index (χ3v) is 8.20. The molecule has 3 fully saturated rings. The zero-order valence-corrected chi connectivity index (χ0v) is 19.4. The Balaban J connectivity index is 1.82. The van der Waals surface area contributed by atoms with Crippen LogP contribution in [0, 0.1) is 23.2 Å². The molecule has 170 valence electrons. The summed E-state index contributed by atoms with van der Waals surface area (Å²) in [5.41, 5.74) is 1.55. The predicted octanol–water partition coefficient (Wildman–Crippen LogP) is 5.70. The highest BCUT2D eigenvalue weighted by Crippen LogP contribution is 2.60. The summed E-state index contributed by atoms with van der Waals surface area (Å²) in [6.07, 6.45) is 9.07. The average Bonchev–Trinajstić information content (AvgIpc) is 3.03. The van der Waals surface area contributed by atoms with Gasteiger partial charge < -0.3 is 15.3 Å². The third kappa shape index (κ3) is 5.29. The maximum atomic E-state index is 10.3. The maximum Gasteiger partial charge on any atom is 0.0811 e. The standard InChI is InChI=1S/C27H44O3/c1-18(8-6-14-26(3,4)30)23-12-13-24-20(9-7-15-27(23,24)5)10-11-21-16-22(28)17-25(29)19(21)2/h10-11,18,22-25,28-30H,2,6-9,12-17H2,1,3-5H3/b20-10+,21-11-/t18-,22-,23-,24+,25+,27-/m1/s1/i2D2,11D. The molecule has 3 saturated carbocycles. The van der Waals surface area contributed by atoms with Crippen LogP contribution in [0.5, 0.6) is 0 Å². The molecule has 0 bridgehead atoms. The largest absolute Gasteiger partial charge is 0.393 e. The first-order valence-corrected chi connectivity index (χ1v) is 12.0. The number of aliphatic hydroxyl groups excluding tert-OH is 2. The first kappa shape index (κ1) is 19.8. The third-order valence-electron chi connectivity index (χ3n) is 8.20. The summed E-state index contributed by atoms with van der Waals surface area (Å²) in [6, 6.07) is 0.251. The predicted molar refractivity (Wildman–Crippen MR) is 124 cm³/mol. The minimum Gasteiger partial charge on any atom is -0.393 e. The molecule has 0 aromatic carbocycles. The van der Waals surface area contributed by atoms with Crippen molar-refractivity contribution in [3.63, 3.8) is 0 Å². The number of allylic oxidation sites excluding steroid dienone is 3. The monoisotopic (exact) mass is 419 g/mol. The molecule has 6 atom stereocenters. The van der Waals surface area contributed by atoms with Gasteiger partial charge in [-0.05, 0) is 93.1 Å². The lowest BCUT2D eigenvalue weighted by atomic mass is 9.60. The van der Waals surface area contributed by atoms with E-state index >= 15 is 0 Å². The summed E-state index contributed by atoms with van der Waals surface area (Å²) >= 11 is 0.